The van der Waals surface area contributed by atoms with Crippen molar-refractivity contribution in [2.75, 3.05) is 12.0 Å². The van der Waals surface area contributed by atoms with Gasteiger partial charge in [0.2, 0.25) is 0 Å². The smallest absolute Gasteiger partial charge is 0.252 e. The first-order chi connectivity index (χ1) is 9.20. The zero-order chi connectivity index (χ0) is 13.7. The number of rotatable bonds is 5. The molecule has 8 heteroatoms. The summed E-state index contributed by atoms with van der Waals surface area (Å²) in [6, 6.07) is 1.52. The number of anilines is 1. The molecule has 4 N–H and O–H groups in total. The third-order valence-electron chi connectivity index (χ3n) is 2.35. The van der Waals surface area contributed by atoms with Crippen LogP contribution in [-0.2, 0) is 6.42 Å². The monoisotopic (exact) mass is 297 g/mol. The number of pyridine rings is 1. The molecule has 19 heavy (non-hydrogen) atoms. The summed E-state index contributed by atoms with van der Waals surface area (Å²) >= 11 is 7.46. The van der Waals surface area contributed by atoms with Gasteiger partial charge >= 0.3 is 0 Å². The number of halogens is 1. The molecule has 0 fully saturated rings. The number of hydrogen-bond acceptors (Lipinski definition) is 6. The van der Waals surface area contributed by atoms with Crippen LogP contribution in [0.15, 0.2) is 23.8 Å². The quantitative estimate of drug-likeness (QED) is 0.574. The van der Waals surface area contributed by atoms with Gasteiger partial charge in [-0.05, 0) is 6.07 Å². The average Bonchev–Trinajstić information content (AvgIpc) is 2.91. The molecule has 0 unspecified atom stereocenters. The molecular formula is C11H12ClN5OS. The van der Waals surface area contributed by atoms with Gasteiger partial charge in [0, 0.05) is 30.7 Å². The van der Waals surface area contributed by atoms with E-state index in [1.807, 2.05) is 5.38 Å². The predicted molar refractivity (Wildman–Crippen MR) is 75.2 cm³/mol. The Morgan fingerprint density at radius 1 is 1.47 bits per heavy atom. The van der Waals surface area contributed by atoms with Crippen LogP contribution in [0, 0.1) is 0 Å². The molecule has 0 radical (unpaired) electrons. The van der Waals surface area contributed by atoms with Gasteiger partial charge in [0.05, 0.1) is 15.6 Å². The van der Waals surface area contributed by atoms with Gasteiger partial charge in [-0.15, -0.1) is 11.3 Å². The van der Waals surface area contributed by atoms with E-state index in [2.05, 4.69) is 20.7 Å². The number of nitrogens with one attached hydrogen (secondary N) is 2. The molecule has 0 aliphatic carbocycles. The number of nitrogen functional groups attached to an aromatic ring is 1. The van der Waals surface area contributed by atoms with Crippen LogP contribution in [-0.4, -0.2) is 22.4 Å². The molecule has 0 aliphatic heterocycles. The van der Waals surface area contributed by atoms with Crippen molar-refractivity contribution in [3.05, 3.63) is 39.4 Å². The predicted octanol–water partition coefficient (Wildman–Crippen LogP) is 1.45. The van der Waals surface area contributed by atoms with Gasteiger partial charge < -0.3 is 10.7 Å². The van der Waals surface area contributed by atoms with Gasteiger partial charge in [-0.1, -0.05) is 11.6 Å². The van der Waals surface area contributed by atoms with Crippen molar-refractivity contribution >= 4 is 34.7 Å². The van der Waals surface area contributed by atoms with Crippen molar-refractivity contribution in [2.45, 2.75) is 6.42 Å². The molecule has 2 heterocycles. The third kappa shape index (κ3) is 3.63. The topological polar surface area (TPSA) is 92.9 Å². The van der Waals surface area contributed by atoms with Crippen LogP contribution in [0.25, 0.3) is 0 Å². The van der Waals surface area contributed by atoms with Crippen molar-refractivity contribution in [3.8, 4) is 0 Å². The highest BCUT2D eigenvalue weighted by atomic mass is 35.5. The maximum atomic E-state index is 11.8. The summed E-state index contributed by atoms with van der Waals surface area (Å²) in [5.74, 6) is 5.31. The highest BCUT2D eigenvalue weighted by molar-refractivity contribution is 7.09. The van der Waals surface area contributed by atoms with E-state index in [0.29, 0.717) is 29.4 Å². The number of aromatic nitrogens is 2. The number of amides is 1. The lowest BCUT2D eigenvalue weighted by molar-refractivity contribution is 0.0954. The Labute approximate surface area is 119 Å². The summed E-state index contributed by atoms with van der Waals surface area (Å²) in [5.41, 5.74) is 2.73. The first-order valence-corrected chi connectivity index (χ1v) is 6.75. The zero-order valence-corrected chi connectivity index (χ0v) is 11.5. The zero-order valence-electron chi connectivity index (χ0n) is 9.89. The van der Waals surface area contributed by atoms with Gasteiger partial charge in [0.15, 0.2) is 5.82 Å². The highest BCUT2D eigenvalue weighted by Crippen LogP contribution is 2.18. The SMILES string of the molecule is NNc1ncc(C(=O)NCCc2nccs2)cc1Cl. The number of hydrazine groups is 1. The minimum absolute atomic E-state index is 0.227. The molecule has 0 atom stereocenters. The second-order valence-electron chi connectivity index (χ2n) is 3.63. The fraction of sp³-hybridized carbons (Fsp3) is 0.182. The number of carbonyl (C=O) groups excluding carboxylic acids is 1. The Morgan fingerprint density at radius 2 is 2.32 bits per heavy atom. The Balaban J connectivity index is 1.91. The van der Waals surface area contributed by atoms with Crippen LogP contribution in [0.1, 0.15) is 15.4 Å². The molecule has 0 saturated carbocycles. The molecule has 2 aromatic rings. The lowest BCUT2D eigenvalue weighted by atomic mass is 10.2. The number of nitrogens with zero attached hydrogens (tertiary/aromatic N) is 2. The molecule has 0 bridgehead atoms. The standard InChI is InChI=1S/C11H12ClN5OS/c12-8-5-7(6-16-10(8)17-13)11(18)15-2-1-9-14-3-4-19-9/h3-6H,1-2,13H2,(H,15,18)(H,16,17). The van der Waals surface area contributed by atoms with Crippen molar-refractivity contribution in [3.63, 3.8) is 0 Å². The van der Waals surface area contributed by atoms with E-state index in [-0.39, 0.29) is 5.91 Å². The first-order valence-electron chi connectivity index (χ1n) is 5.49. The molecule has 0 aromatic carbocycles. The maximum absolute atomic E-state index is 11.8. The molecule has 0 spiro atoms. The minimum Gasteiger partial charge on any atom is -0.352 e. The lowest BCUT2D eigenvalue weighted by Gasteiger charge is -2.06. The van der Waals surface area contributed by atoms with E-state index in [1.165, 1.54) is 12.3 Å². The normalized spacial score (nSPS) is 10.2. The average molecular weight is 298 g/mol. The Kier molecular flexibility index (Phi) is 4.67. The Hall–Kier alpha value is -1.70. The van der Waals surface area contributed by atoms with Crippen molar-refractivity contribution in [1.82, 2.24) is 15.3 Å². The lowest BCUT2D eigenvalue weighted by Crippen LogP contribution is -2.26. The molecule has 1 amide bonds. The summed E-state index contributed by atoms with van der Waals surface area (Å²) in [7, 11) is 0. The number of carbonyl (C=O) groups is 1. The van der Waals surface area contributed by atoms with E-state index >= 15 is 0 Å². The van der Waals surface area contributed by atoms with E-state index in [9.17, 15) is 4.79 Å². The van der Waals surface area contributed by atoms with E-state index in [1.54, 1.807) is 17.5 Å². The molecule has 100 valence electrons. The van der Waals surface area contributed by atoms with Crippen molar-refractivity contribution in [2.24, 2.45) is 5.84 Å². The first kappa shape index (κ1) is 13.7. The number of hydrogen-bond donors (Lipinski definition) is 3. The summed E-state index contributed by atoms with van der Waals surface area (Å²) in [5, 5.41) is 5.97. The third-order valence-corrected chi connectivity index (χ3v) is 3.48. The van der Waals surface area contributed by atoms with Crippen LogP contribution in [0.5, 0.6) is 0 Å². The fourth-order valence-corrected chi connectivity index (χ4v) is 2.27. The highest BCUT2D eigenvalue weighted by Gasteiger charge is 2.09. The number of nitrogens with two attached hydrogens (primary N) is 1. The van der Waals surface area contributed by atoms with Crippen LogP contribution < -0.4 is 16.6 Å². The van der Waals surface area contributed by atoms with Gasteiger partial charge in [-0.3, -0.25) is 4.79 Å². The largest absolute Gasteiger partial charge is 0.352 e. The molecular weight excluding hydrogens is 286 g/mol. The van der Waals surface area contributed by atoms with Gasteiger partial charge in [-0.25, -0.2) is 15.8 Å². The summed E-state index contributed by atoms with van der Waals surface area (Å²) in [6.07, 6.45) is 3.86. The van der Waals surface area contributed by atoms with Crippen LogP contribution >= 0.6 is 22.9 Å². The van der Waals surface area contributed by atoms with Gasteiger partial charge in [-0.2, -0.15) is 0 Å². The van der Waals surface area contributed by atoms with Gasteiger partial charge in [0.25, 0.3) is 5.91 Å². The van der Waals surface area contributed by atoms with E-state index in [0.717, 1.165) is 5.01 Å². The second kappa shape index (κ2) is 6.46. The van der Waals surface area contributed by atoms with E-state index in [4.69, 9.17) is 17.4 Å². The Morgan fingerprint density at radius 3 is 2.95 bits per heavy atom. The summed E-state index contributed by atoms with van der Waals surface area (Å²) < 4.78 is 0. The van der Waals surface area contributed by atoms with Crippen LogP contribution in [0.4, 0.5) is 5.82 Å². The van der Waals surface area contributed by atoms with Gasteiger partial charge in [0.1, 0.15) is 0 Å². The van der Waals surface area contributed by atoms with Crippen LogP contribution in [0.3, 0.4) is 0 Å². The Bertz CT molecular complexity index is 560. The number of thiazole rings is 1. The minimum atomic E-state index is -0.227. The summed E-state index contributed by atoms with van der Waals surface area (Å²) in [4.78, 5) is 19.9. The molecule has 0 saturated heterocycles. The summed E-state index contributed by atoms with van der Waals surface area (Å²) in [6.45, 7) is 0.515. The van der Waals surface area contributed by atoms with Crippen molar-refractivity contribution in [1.29, 1.82) is 0 Å². The second-order valence-corrected chi connectivity index (χ2v) is 5.02. The molecule has 0 aliphatic rings. The van der Waals surface area contributed by atoms with E-state index < -0.39 is 0 Å². The van der Waals surface area contributed by atoms with Crippen molar-refractivity contribution < 1.29 is 4.79 Å². The molecule has 6 nitrogen and oxygen atoms in total. The van der Waals surface area contributed by atoms with Crippen LogP contribution in [0.2, 0.25) is 5.02 Å². The fourth-order valence-electron chi connectivity index (χ4n) is 1.43. The maximum Gasteiger partial charge on any atom is 0.252 e. The molecule has 2 aromatic heterocycles. The molecule has 2 rings (SSSR count).